The largest absolute Gasteiger partial charge is 0.462 e. The Morgan fingerprint density at radius 1 is 1.08 bits per heavy atom. The maximum absolute atomic E-state index is 12.1. The summed E-state index contributed by atoms with van der Waals surface area (Å²) in [5.74, 6) is -0.375. The number of benzene rings is 2. The number of hydrogen-bond acceptors (Lipinski definition) is 4. The van der Waals surface area contributed by atoms with Crippen molar-refractivity contribution >= 4 is 27.6 Å². The van der Waals surface area contributed by atoms with E-state index in [4.69, 9.17) is 16.3 Å². The number of fused-ring (bicyclic) bond motifs is 1. The molecule has 138 valence electrons. The summed E-state index contributed by atoms with van der Waals surface area (Å²) in [6, 6.07) is 11.6. The monoisotopic (exact) mass is 393 g/mol. The van der Waals surface area contributed by atoms with Crippen LogP contribution >= 0.6 is 11.6 Å². The molecule has 0 fully saturated rings. The molecule has 0 heterocycles. The number of carbonyl (C=O) groups is 1. The van der Waals surface area contributed by atoms with Gasteiger partial charge in [0.25, 0.3) is 0 Å². The molecule has 1 N–H and O–H groups in total. The Labute approximate surface area is 158 Å². The number of ether oxygens (including phenoxy) is 1. The zero-order chi connectivity index (χ0) is 18.6. The van der Waals surface area contributed by atoms with Gasteiger partial charge in [0.05, 0.1) is 17.1 Å². The summed E-state index contributed by atoms with van der Waals surface area (Å²) in [4.78, 5) is 12.2. The Morgan fingerprint density at radius 3 is 2.58 bits per heavy atom. The number of sulfonamides is 1. The van der Waals surface area contributed by atoms with Gasteiger partial charge < -0.3 is 4.74 Å². The summed E-state index contributed by atoms with van der Waals surface area (Å²) in [7, 11) is -3.59. The second-order valence-corrected chi connectivity index (χ2v) is 8.38. The summed E-state index contributed by atoms with van der Waals surface area (Å²) in [5, 5.41) is 0.474. The third-order valence-electron chi connectivity index (χ3n) is 4.30. The number of rotatable bonds is 7. The Kier molecular flexibility index (Phi) is 5.96. The summed E-state index contributed by atoms with van der Waals surface area (Å²) < 4.78 is 31.9. The molecule has 0 saturated heterocycles. The molecule has 0 radical (unpaired) electrons. The molecule has 1 aliphatic carbocycles. The first-order valence-electron chi connectivity index (χ1n) is 8.50. The van der Waals surface area contributed by atoms with Crippen LogP contribution < -0.4 is 4.72 Å². The highest BCUT2D eigenvalue weighted by Gasteiger charge is 2.15. The van der Waals surface area contributed by atoms with E-state index < -0.39 is 10.0 Å². The molecule has 5 nitrogen and oxygen atoms in total. The van der Waals surface area contributed by atoms with Crippen LogP contribution in [0.15, 0.2) is 47.4 Å². The van der Waals surface area contributed by atoms with Crippen LogP contribution in [0, 0.1) is 0 Å². The summed E-state index contributed by atoms with van der Waals surface area (Å²) >= 11 is 5.75. The van der Waals surface area contributed by atoms with Crippen LogP contribution in [0.1, 0.15) is 34.3 Å². The second-order valence-electron chi connectivity index (χ2n) is 6.18. The second kappa shape index (κ2) is 8.20. The molecule has 0 spiro atoms. The van der Waals surface area contributed by atoms with Gasteiger partial charge in [-0.1, -0.05) is 17.7 Å². The highest BCUT2D eigenvalue weighted by atomic mass is 35.5. The molecule has 0 aliphatic heterocycles. The van der Waals surface area contributed by atoms with Crippen LogP contribution in [-0.2, 0) is 27.6 Å². The molecule has 0 bridgehead atoms. The van der Waals surface area contributed by atoms with Gasteiger partial charge in [0.2, 0.25) is 10.0 Å². The fraction of sp³-hybridized carbons (Fsp3) is 0.316. The fourth-order valence-electron chi connectivity index (χ4n) is 2.92. The molecule has 0 unspecified atom stereocenters. The molecule has 1 aliphatic rings. The number of halogens is 1. The predicted molar refractivity (Wildman–Crippen MR) is 100 cm³/mol. The maximum Gasteiger partial charge on any atom is 0.338 e. The third-order valence-corrected chi connectivity index (χ3v) is 6.03. The predicted octanol–water partition coefficient (Wildman–Crippen LogP) is 3.35. The van der Waals surface area contributed by atoms with E-state index in [0.717, 1.165) is 19.3 Å². The van der Waals surface area contributed by atoms with Crippen molar-refractivity contribution in [2.75, 3.05) is 13.2 Å². The summed E-state index contributed by atoms with van der Waals surface area (Å²) in [6.45, 7) is 0.335. The molecular weight excluding hydrogens is 374 g/mol. The van der Waals surface area contributed by atoms with Gasteiger partial charge in [0, 0.05) is 11.6 Å². The lowest BCUT2D eigenvalue weighted by Crippen LogP contribution is -2.25. The molecule has 0 saturated carbocycles. The van der Waals surface area contributed by atoms with Crippen molar-refractivity contribution in [1.29, 1.82) is 0 Å². The lowest BCUT2D eigenvalue weighted by atomic mass is 10.1. The van der Waals surface area contributed by atoms with Crippen LogP contribution in [0.25, 0.3) is 0 Å². The summed E-state index contributed by atoms with van der Waals surface area (Å²) in [6.07, 6.45) is 3.59. The van der Waals surface area contributed by atoms with E-state index in [2.05, 4.69) is 4.72 Å². The number of esters is 1. The molecule has 7 heteroatoms. The Hall–Kier alpha value is -1.89. The average molecular weight is 394 g/mol. The van der Waals surface area contributed by atoms with Crippen molar-refractivity contribution in [2.24, 2.45) is 0 Å². The standard InChI is InChI=1S/C19H20ClNO4S/c20-17-7-9-18(10-8-17)26(23,24)21-11-2-12-25-19(22)16-6-5-14-3-1-4-15(14)13-16/h5-10,13,21H,1-4,11-12H2. The van der Waals surface area contributed by atoms with Gasteiger partial charge in [-0.05, 0) is 73.2 Å². The number of carbonyl (C=O) groups excluding carboxylic acids is 1. The van der Waals surface area contributed by atoms with Crippen LogP contribution in [0.5, 0.6) is 0 Å². The molecule has 0 aromatic heterocycles. The van der Waals surface area contributed by atoms with Gasteiger partial charge in [-0.25, -0.2) is 17.9 Å². The van der Waals surface area contributed by atoms with Crippen LogP contribution in [-0.4, -0.2) is 27.5 Å². The zero-order valence-corrected chi connectivity index (χ0v) is 15.8. The van der Waals surface area contributed by atoms with Gasteiger partial charge in [-0.2, -0.15) is 0 Å². The normalized spacial score (nSPS) is 13.4. The number of hydrogen-bond donors (Lipinski definition) is 1. The van der Waals surface area contributed by atoms with Crippen LogP contribution in [0.2, 0.25) is 5.02 Å². The third kappa shape index (κ3) is 4.63. The van der Waals surface area contributed by atoms with Gasteiger partial charge in [-0.15, -0.1) is 0 Å². The Morgan fingerprint density at radius 2 is 1.81 bits per heavy atom. The van der Waals surface area contributed by atoms with Gasteiger partial charge >= 0.3 is 5.97 Å². The maximum atomic E-state index is 12.1. The van der Waals surface area contributed by atoms with Crippen LogP contribution in [0.4, 0.5) is 0 Å². The smallest absolute Gasteiger partial charge is 0.338 e. The van der Waals surface area contributed by atoms with E-state index in [1.807, 2.05) is 12.1 Å². The van der Waals surface area contributed by atoms with Crippen molar-refractivity contribution in [3.8, 4) is 0 Å². The van der Waals surface area contributed by atoms with Crippen LogP contribution in [0.3, 0.4) is 0 Å². The van der Waals surface area contributed by atoms with E-state index in [1.165, 1.54) is 35.4 Å². The minimum Gasteiger partial charge on any atom is -0.462 e. The lowest BCUT2D eigenvalue weighted by Gasteiger charge is -2.08. The quantitative estimate of drug-likeness (QED) is 0.578. The van der Waals surface area contributed by atoms with E-state index in [1.54, 1.807) is 6.07 Å². The minimum absolute atomic E-state index is 0.150. The SMILES string of the molecule is O=C(OCCCNS(=O)(=O)c1ccc(Cl)cc1)c1ccc2c(c1)CCC2. The molecule has 2 aromatic rings. The minimum atomic E-state index is -3.59. The molecule has 26 heavy (non-hydrogen) atoms. The molecule has 0 amide bonds. The Bertz CT molecular complexity index is 894. The molecule has 2 aromatic carbocycles. The highest BCUT2D eigenvalue weighted by Crippen LogP contribution is 2.23. The lowest BCUT2D eigenvalue weighted by molar-refractivity contribution is 0.0502. The molecular formula is C19H20ClNO4S. The zero-order valence-electron chi connectivity index (χ0n) is 14.2. The van der Waals surface area contributed by atoms with E-state index in [0.29, 0.717) is 17.0 Å². The first-order valence-corrected chi connectivity index (χ1v) is 10.4. The number of aryl methyl sites for hydroxylation is 2. The van der Waals surface area contributed by atoms with Crippen molar-refractivity contribution < 1.29 is 17.9 Å². The topological polar surface area (TPSA) is 72.5 Å². The summed E-state index contributed by atoms with van der Waals surface area (Å²) in [5.41, 5.74) is 3.07. The van der Waals surface area contributed by atoms with E-state index in [-0.39, 0.29) is 24.0 Å². The first kappa shape index (κ1) is 18.9. The van der Waals surface area contributed by atoms with E-state index >= 15 is 0 Å². The van der Waals surface area contributed by atoms with Gasteiger partial charge in [0.15, 0.2) is 0 Å². The van der Waals surface area contributed by atoms with Crippen molar-refractivity contribution in [3.63, 3.8) is 0 Å². The van der Waals surface area contributed by atoms with Gasteiger partial charge in [0.1, 0.15) is 0 Å². The highest BCUT2D eigenvalue weighted by molar-refractivity contribution is 7.89. The van der Waals surface area contributed by atoms with E-state index in [9.17, 15) is 13.2 Å². The van der Waals surface area contributed by atoms with Crippen molar-refractivity contribution in [3.05, 3.63) is 64.2 Å². The van der Waals surface area contributed by atoms with Crippen molar-refractivity contribution in [2.45, 2.75) is 30.6 Å². The first-order chi connectivity index (χ1) is 12.5. The average Bonchev–Trinajstić information content (AvgIpc) is 3.09. The molecule has 3 rings (SSSR count). The van der Waals surface area contributed by atoms with Crippen molar-refractivity contribution in [1.82, 2.24) is 4.72 Å². The fourth-order valence-corrected chi connectivity index (χ4v) is 4.12. The Balaban J connectivity index is 1.44. The molecule has 0 atom stereocenters. The van der Waals surface area contributed by atoms with Gasteiger partial charge in [-0.3, -0.25) is 0 Å². The number of nitrogens with one attached hydrogen (secondary N) is 1.